The molecule has 1 heterocycles. The van der Waals surface area contributed by atoms with Crippen molar-refractivity contribution in [2.75, 3.05) is 5.75 Å². The highest BCUT2D eigenvalue weighted by molar-refractivity contribution is 9.10. The molecule has 7 nitrogen and oxygen atoms in total. The molecule has 0 saturated carbocycles. The van der Waals surface area contributed by atoms with Gasteiger partial charge in [0, 0.05) is 15.7 Å². The number of carbonyl (C=O) groups is 1. The zero-order valence-corrected chi connectivity index (χ0v) is 23.2. The molecule has 0 aliphatic rings. The molecule has 0 atom stereocenters. The van der Waals surface area contributed by atoms with E-state index in [4.69, 9.17) is 4.74 Å². The first-order chi connectivity index (χ1) is 19.2. The van der Waals surface area contributed by atoms with E-state index in [-0.39, 0.29) is 11.7 Å². The Labute approximate surface area is 239 Å². The first kappa shape index (κ1) is 26.4. The van der Waals surface area contributed by atoms with E-state index in [0.717, 1.165) is 32.6 Å². The summed E-state index contributed by atoms with van der Waals surface area (Å²) < 4.78 is 8.73. The number of nitrogens with one attached hydrogen (secondary N) is 1. The molecule has 0 bridgehead atoms. The minimum atomic E-state index is -0.245. The average molecular weight is 599 g/mol. The van der Waals surface area contributed by atoms with Crippen molar-refractivity contribution in [3.63, 3.8) is 0 Å². The van der Waals surface area contributed by atoms with E-state index in [1.54, 1.807) is 6.21 Å². The number of hydrogen-bond acceptors (Lipinski definition) is 6. The molecule has 0 unspecified atom stereocenters. The van der Waals surface area contributed by atoms with Crippen LogP contribution in [0.1, 0.15) is 11.1 Å². The second kappa shape index (κ2) is 13.0. The highest BCUT2D eigenvalue weighted by Gasteiger charge is 2.17. The molecule has 5 rings (SSSR count). The summed E-state index contributed by atoms with van der Waals surface area (Å²) in [6.45, 7) is 0.504. The zero-order valence-electron chi connectivity index (χ0n) is 20.8. The van der Waals surface area contributed by atoms with Crippen LogP contribution in [0.25, 0.3) is 17.1 Å². The van der Waals surface area contributed by atoms with Crippen LogP contribution in [0.5, 0.6) is 5.75 Å². The number of aromatic nitrogens is 3. The maximum atomic E-state index is 12.5. The molecule has 4 aromatic carbocycles. The summed E-state index contributed by atoms with van der Waals surface area (Å²) in [5.41, 5.74) is 6.37. The van der Waals surface area contributed by atoms with Gasteiger partial charge in [0.05, 0.1) is 12.0 Å². The standard InChI is InChI=1S/C30H24BrN5O2S/c31-25-13-15-26(16-14-25)36-29(24-9-5-2-6-10-24)34-35-30(36)39-21-28(37)33-32-19-22-11-17-27(18-12-22)38-20-23-7-3-1-4-8-23/h1-19H,20-21H2,(H,33,37)/b32-19+. The van der Waals surface area contributed by atoms with Gasteiger partial charge < -0.3 is 4.74 Å². The van der Waals surface area contributed by atoms with E-state index in [1.807, 2.05) is 114 Å². The fourth-order valence-electron chi connectivity index (χ4n) is 3.69. The van der Waals surface area contributed by atoms with Crippen molar-refractivity contribution in [1.29, 1.82) is 0 Å². The van der Waals surface area contributed by atoms with E-state index < -0.39 is 0 Å². The first-order valence-corrected chi connectivity index (χ1v) is 13.9. The quantitative estimate of drug-likeness (QED) is 0.113. The highest BCUT2D eigenvalue weighted by Crippen LogP contribution is 2.28. The van der Waals surface area contributed by atoms with Gasteiger partial charge in [-0.2, -0.15) is 5.10 Å². The van der Waals surface area contributed by atoms with Crippen LogP contribution >= 0.6 is 27.7 Å². The lowest BCUT2D eigenvalue weighted by Gasteiger charge is -2.10. The molecular formula is C30H24BrN5O2S. The van der Waals surface area contributed by atoms with Crippen molar-refractivity contribution in [2.45, 2.75) is 11.8 Å². The van der Waals surface area contributed by atoms with Crippen LogP contribution in [0.15, 0.2) is 124 Å². The lowest BCUT2D eigenvalue weighted by atomic mass is 10.2. The van der Waals surface area contributed by atoms with Crippen molar-refractivity contribution in [1.82, 2.24) is 20.2 Å². The third-order valence-electron chi connectivity index (χ3n) is 5.61. The molecule has 0 aliphatic carbocycles. The van der Waals surface area contributed by atoms with Gasteiger partial charge in [0.25, 0.3) is 5.91 Å². The van der Waals surface area contributed by atoms with E-state index in [0.29, 0.717) is 17.6 Å². The molecule has 0 aliphatic heterocycles. The lowest BCUT2D eigenvalue weighted by molar-refractivity contribution is -0.118. The summed E-state index contributed by atoms with van der Waals surface area (Å²) >= 11 is 4.78. The maximum Gasteiger partial charge on any atom is 0.250 e. The van der Waals surface area contributed by atoms with Crippen molar-refractivity contribution in [2.24, 2.45) is 5.10 Å². The van der Waals surface area contributed by atoms with Crippen molar-refractivity contribution in [3.05, 3.63) is 125 Å². The Morgan fingerprint density at radius 2 is 1.59 bits per heavy atom. The Bertz CT molecular complexity index is 1540. The van der Waals surface area contributed by atoms with Gasteiger partial charge in [0.15, 0.2) is 11.0 Å². The molecule has 0 radical (unpaired) electrons. The Morgan fingerprint density at radius 3 is 2.31 bits per heavy atom. The van der Waals surface area contributed by atoms with Crippen LogP contribution in [0.4, 0.5) is 0 Å². The zero-order chi connectivity index (χ0) is 26.9. The third kappa shape index (κ3) is 7.22. The molecule has 9 heteroatoms. The fourth-order valence-corrected chi connectivity index (χ4v) is 4.70. The van der Waals surface area contributed by atoms with Crippen LogP contribution in [0.3, 0.4) is 0 Å². The Morgan fingerprint density at radius 1 is 0.897 bits per heavy atom. The summed E-state index contributed by atoms with van der Waals surface area (Å²) in [4.78, 5) is 12.5. The van der Waals surface area contributed by atoms with Gasteiger partial charge in [-0.15, -0.1) is 10.2 Å². The van der Waals surface area contributed by atoms with E-state index in [2.05, 4.69) is 36.7 Å². The number of hydrogen-bond donors (Lipinski definition) is 1. The van der Waals surface area contributed by atoms with Gasteiger partial charge in [-0.05, 0) is 59.7 Å². The summed E-state index contributed by atoms with van der Waals surface area (Å²) in [6, 6.07) is 35.2. The van der Waals surface area contributed by atoms with Gasteiger partial charge in [-0.3, -0.25) is 9.36 Å². The molecule has 1 aromatic heterocycles. The molecule has 1 N–H and O–H groups in total. The van der Waals surface area contributed by atoms with Crippen LogP contribution in [0, 0.1) is 0 Å². The smallest absolute Gasteiger partial charge is 0.250 e. The summed E-state index contributed by atoms with van der Waals surface area (Å²) in [5.74, 6) is 1.36. The minimum absolute atomic E-state index is 0.132. The molecular weight excluding hydrogens is 574 g/mol. The number of carbonyl (C=O) groups excluding carboxylic acids is 1. The summed E-state index contributed by atoms with van der Waals surface area (Å²) in [5, 5.41) is 13.5. The molecule has 1 amide bonds. The van der Waals surface area contributed by atoms with E-state index in [9.17, 15) is 4.79 Å². The molecule has 39 heavy (non-hydrogen) atoms. The average Bonchev–Trinajstić information content (AvgIpc) is 3.41. The van der Waals surface area contributed by atoms with Crippen LogP contribution in [0.2, 0.25) is 0 Å². The van der Waals surface area contributed by atoms with Crippen LogP contribution < -0.4 is 10.2 Å². The highest BCUT2D eigenvalue weighted by atomic mass is 79.9. The van der Waals surface area contributed by atoms with Gasteiger partial charge in [-0.25, -0.2) is 5.43 Å². The predicted molar refractivity (Wildman–Crippen MR) is 158 cm³/mol. The second-order valence-electron chi connectivity index (χ2n) is 8.41. The molecule has 0 fully saturated rings. The number of ether oxygens (including phenoxy) is 1. The Kier molecular flexibility index (Phi) is 8.82. The number of amides is 1. The second-order valence-corrected chi connectivity index (χ2v) is 10.3. The lowest BCUT2D eigenvalue weighted by Crippen LogP contribution is -2.20. The SMILES string of the molecule is O=C(CSc1nnc(-c2ccccc2)n1-c1ccc(Br)cc1)N/N=C/c1ccc(OCc2ccccc2)cc1. The van der Waals surface area contributed by atoms with Gasteiger partial charge in [0.1, 0.15) is 12.4 Å². The predicted octanol–water partition coefficient (Wildman–Crippen LogP) is 6.52. The molecule has 0 saturated heterocycles. The number of nitrogens with zero attached hydrogens (tertiary/aromatic N) is 4. The monoisotopic (exact) mass is 597 g/mol. The summed E-state index contributed by atoms with van der Waals surface area (Å²) in [7, 11) is 0. The van der Waals surface area contributed by atoms with Crippen LogP contribution in [-0.2, 0) is 11.4 Å². The Balaban J connectivity index is 1.18. The largest absolute Gasteiger partial charge is 0.489 e. The fraction of sp³-hybridized carbons (Fsp3) is 0.0667. The number of rotatable bonds is 10. The first-order valence-electron chi connectivity index (χ1n) is 12.1. The van der Waals surface area contributed by atoms with Gasteiger partial charge in [0.2, 0.25) is 0 Å². The molecule has 194 valence electrons. The van der Waals surface area contributed by atoms with Gasteiger partial charge >= 0.3 is 0 Å². The van der Waals surface area contributed by atoms with E-state index >= 15 is 0 Å². The normalized spacial score (nSPS) is 11.0. The van der Waals surface area contributed by atoms with Crippen molar-refractivity contribution in [3.8, 4) is 22.8 Å². The number of benzene rings is 4. The van der Waals surface area contributed by atoms with Crippen LogP contribution in [-0.4, -0.2) is 32.6 Å². The topological polar surface area (TPSA) is 81.4 Å². The third-order valence-corrected chi connectivity index (χ3v) is 7.07. The number of hydrazone groups is 1. The number of thioether (sulfide) groups is 1. The maximum absolute atomic E-state index is 12.5. The molecule has 5 aromatic rings. The Hall–Kier alpha value is -4.21. The van der Waals surface area contributed by atoms with Gasteiger partial charge in [-0.1, -0.05) is 88.4 Å². The number of halogens is 1. The van der Waals surface area contributed by atoms with Crippen molar-refractivity contribution >= 4 is 39.8 Å². The minimum Gasteiger partial charge on any atom is -0.489 e. The molecule has 0 spiro atoms. The summed E-state index contributed by atoms with van der Waals surface area (Å²) in [6.07, 6.45) is 1.60. The van der Waals surface area contributed by atoms with Crippen molar-refractivity contribution < 1.29 is 9.53 Å². The van der Waals surface area contributed by atoms with E-state index in [1.165, 1.54) is 11.8 Å².